The van der Waals surface area contributed by atoms with Crippen molar-refractivity contribution in [2.24, 2.45) is 5.92 Å². The van der Waals surface area contributed by atoms with Gasteiger partial charge in [0, 0.05) is 47.4 Å². The standard InChI is InChI=1S/C27H34ClN3O5Si/c1-17-25(37(2,3)35)23(10-13-32)36-27(17)21-14-19(28)6-9-22(21)31(26(27)34)16-18-4-7-20(8-5-18)30-12-11-29-15-24(30)33/h4-9,14,17,23,25,29,32,35H,10-13,15-16H2,1-3H3/t17-,23+,25-,27+/m1/s1. The molecule has 0 bridgehead atoms. The average molecular weight is 544 g/mol. The number of aliphatic hydroxyl groups is 1. The summed E-state index contributed by atoms with van der Waals surface area (Å²) in [5.41, 5.74) is 1.71. The molecule has 3 aliphatic rings. The monoisotopic (exact) mass is 543 g/mol. The second-order valence-electron chi connectivity index (χ2n) is 10.8. The Kier molecular flexibility index (Phi) is 6.97. The van der Waals surface area contributed by atoms with Gasteiger partial charge in [-0.3, -0.25) is 9.59 Å². The molecule has 5 rings (SSSR count). The van der Waals surface area contributed by atoms with Crippen molar-refractivity contribution in [3.63, 3.8) is 0 Å². The van der Waals surface area contributed by atoms with E-state index in [1.165, 1.54) is 0 Å². The first-order chi connectivity index (χ1) is 17.6. The zero-order chi connectivity index (χ0) is 26.5. The lowest BCUT2D eigenvalue weighted by Crippen LogP contribution is -2.48. The van der Waals surface area contributed by atoms with Gasteiger partial charge in [-0.1, -0.05) is 30.7 Å². The number of hydrogen-bond donors (Lipinski definition) is 3. The van der Waals surface area contributed by atoms with Crippen molar-refractivity contribution in [2.75, 3.05) is 36.0 Å². The Bertz CT molecular complexity index is 1200. The number of hydrogen-bond acceptors (Lipinski definition) is 6. The topological polar surface area (TPSA) is 102 Å². The summed E-state index contributed by atoms with van der Waals surface area (Å²) in [4.78, 5) is 41.2. The maximum Gasteiger partial charge on any atom is 0.264 e. The van der Waals surface area contributed by atoms with Gasteiger partial charge in [-0.25, -0.2) is 0 Å². The lowest BCUT2D eigenvalue weighted by molar-refractivity contribution is -0.146. The Hall–Kier alpha value is -2.27. The van der Waals surface area contributed by atoms with Crippen LogP contribution in [0.4, 0.5) is 11.4 Å². The summed E-state index contributed by atoms with van der Waals surface area (Å²) in [5, 5.41) is 13.3. The van der Waals surface area contributed by atoms with Crippen molar-refractivity contribution in [3.8, 4) is 0 Å². The number of nitrogens with one attached hydrogen (secondary N) is 1. The molecule has 10 heteroatoms. The number of amides is 2. The van der Waals surface area contributed by atoms with E-state index in [4.69, 9.17) is 16.3 Å². The fraction of sp³-hybridized carbons (Fsp3) is 0.481. The Morgan fingerprint density at radius 3 is 2.57 bits per heavy atom. The summed E-state index contributed by atoms with van der Waals surface area (Å²) in [5.74, 6) is -0.440. The number of carbonyl (C=O) groups is 2. The van der Waals surface area contributed by atoms with Crippen molar-refractivity contribution in [1.82, 2.24) is 5.32 Å². The smallest absolute Gasteiger partial charge is 0.264 e. The van der Waals surface area contributed by atoms with Gasteiger partial charge >= 0.3 is 0 Å². The SMILES string of the molecule is C[C@@H]1[C@@H]([Si](C)(C)O)[C@H](CCO)O[C@@]12C(=O)N(Cc1ccc(N3CCNCC3=O)cc1)c1ccc(Cl)cc12. The van der Waals surface area contributed by atoms with Crippen molar-refractivity contribution in [2.45, 2.75) is 50.2 Å². The van der Waals surface area contributed by atoms with E-state index in [2.05, 4.69) is 5.32 Å². The van der Waals surface area contributed by atoms with Crippen molar-refractivity contribution in [1.29, 1.82) is 0 Å². The van der Waals surface area contributed by atoms with Gasteiger partial charge in [-0.05, 0) is 55.4 Å². The molecule has 1 spiro atoms. The normalized spacial score (nSPS) is 27.9. The van der Waals surface area contributed by atoms with Crippen LogP contribution in [-0.4, -0.2) is 62.4 Å². The van der Waals surface area contributed by atoms with Crippen molar-refractivity contribution in [3.05, 3.63) is 58.6 Å². The molecule has 2 aromatic rings. The second kappa shape index (κ2) is 9.80. The average Bonchev–Trinajstić information content (AvgIpc) is 3.27. The molecular weight excluding hydrogens is 510 g/mol. The van der Waals surface area contributed by atoms with Crippen LogP contribution in [0.25, 0.3) is 0 Å². The van der Waals surface area contributed by atoms with Crippen molar-refractivity contribution < 1.29 is 24.2 Å². The van der Waals surface area contributed by atoms with Gasteiger partial charge < -0.3 is 29.8 Å². The van der Waals surface area contributed by atoms with E-state index in [9.17, 15) is 19.5 Å². The Morgan fingerprint density at radius 1 is 1.19 bits per heavy atom. The zero-order valence-electron chi connectivity index (χ0n) is 21.4. The molecule has 198 valence electrons. The summed E-state index contributed by atoms with van der Waals surface area (Å²) in [7, 11) is -2.75. The predicted octanol–water partition coefficient (Wildman–Crippen LogP) is 3.00. The minimum absolute atomic E-state index is 0.0381. The molecule has 3 N–H and O–H groups in total. The molecule has 2 aromatic carbocycles. The maximum absolute atomic E-state index is 14.3. The summed E-state index contributed by atoms with van der Waals surface area (Å²) in [6.07, 6.45) is -0.0818. The van der Waals surface area contributed by atoms with E-state index >= 15 is 0 Å². The van der Waals surface area contributed by atoms with Gasteiger partial charge in [0.15, 0.2) is 13.9 Å². The van der Waals surface area contributed by atoms with Gasteiger partial charge in [0.1, 0.15) is 0 Å². The summed E-state index contributed by atoms with van der Waals surface area (Å²) < 4.78 is 6.59. The number of halogens is 1. The number of benzene rings is 2. The van der Waals surface area contributed by atoms with Crippen LogP contribution in [0.1, 0.15) is 24.5 Å². The third-order valence-corrected chi connectivity index (χ3v) is 10.8. The van der Waals surface area contributed by atoms with Gasteiger partial charge in [-0.15, -0.1) is 0 Å². The number of fused-ring (bicyclic) bond motifs is 2. The van der Waals surface area contributed by atoms with E-state index in [1.54, 1.807) is 21.9 Å². The molecule has 0 radical (unpaired) electrons. The molecular formula is C27H34ClN3O5Si. The third kappa shape index (κ3) is 4.41. The molecule has 3 aliphatic heterocycles. The molecule has 3 heterocycles. The van der Waals surface area contributed by atoms with Crippen LogP contribution < -0.4 is 15.1 Å². The number of anilines is 2. The zero-order valence-corrected chi connectivity index (χ0v) is 23.2. The minimum atomic E-state index is -2.75. The van der Waals surface area contributed by atoms with Crippen LogP contribution in [0, 0.1) is 5.92 Å². The van der Waals surface area contributed by atoms with E-state index in [-0.39, 0.29) is 29.9 Å². The summed E-state index contributed by atoms with van der Waals surface area (Å²) in [6, 6.07) is 13.1. The van der Waals surface area contributed by atoms with Crippen LogP contribution in [-0.2, 0) is 26.5 Å². The Labute approximate surface area is 223 Å². The summed E-state index contributed by atoms with van der Waals surface area (Å²) in [6.45, 7) is 7.64. The first kappa shape index (κ1) is 26.3. The van der Waals surface area contributed by atoms with Crippen molar-refractivity contribution >= 4 is 43.1 Å². The molecule has 37 heavy (non-hydrogen) atoms. The van der Waals surface area contributed by atoms with Crippen LogP contribution in [0.3, 0.4) is 0 Å². The maximum atomic E-state index is 14.3. The first-order valence-electron chi connectivity index (χ1n) is 12.8. The van der Waals surface area contributed by atoms with Gasteiger partial charge in [0.2, 0.25) is 5.91 Å². The third-order valence-electron chi connectivity index (χ3n) is 8.04. The molecule has 8 nitrogen and oxygen atoms in total. The largest absolute Gasteiger partial charge is 0.432 e. The summed E-state index contributed by atoms with van der Waals surface area (Å²) >= 11 is 6.41. The highest BCUT2D eigenvalue weighted by Crippen LogP contribution is 2.60. The molecule has 0 unspecified atom stereocenters. The van der Waals surface area contributed by atoms with E-state index in [0.29, 0.717) is 36.6 Å². The highest BCUT2D eigenvalue weighted by Gasteiger charge is 2.66. The number of nitrogens with zero attached hydrogens (tertiary/aromatic N) is 2. The van der Waals surface area contributed by atoms with E-state index < -0.39 is 20.0 Å². The molecule has 4 atom stereocenters. The fourth-order valence-electron chi connectivity index (χ4n) is 6.45. The van der Waals surface area contributed by atoms with Crippen LogP contribution in [0.5, 0.6) is 0 Å². The Balaban J connectivity index is 1.49. The fourth-order valence-corrected chi connectivity index (χ4v) is 9.22. The molecule has 2 fully saturated rings. The number of ether oxygens (including phenoxy) is 1. The van der Waals surface area contributed by atoms with Gasteiger partial charge in [-0.2, -0.15) is 0 Å². The number of piperazine rings is 1. The van der Waals surface area contributed by atoms with Crippen LogP contribution in [0.15, 0.2) is 42.5 Å². The number of rotatable bonds is 6. The number of aliphatic hydroxyl groups excluding tert-OH is 1. The highest BCUT2D eigenvalue weighted by atomic mass is 35.5. The van der Waals surface area contributed by atoms with E-state index in [0.717, 1.165) is 23.5 Å². The van der Waals surface area contributed by atoms with E-state index in [1.807, 2.05) is 50.3 Å². The molecule has 0 aliphatic carbocycles. The van der Waals surface area contributed by atoms with Gasteiger partial charge in [0.05, 0.1) is 24.9 Å². The number of carbonyl (C=O) groups excluding carboxylic acids is 2. The van der Waals surface area contributed by atoms with Crippen LogP contribution >= 0.6 is 11.6 Å². The first-order valence-corrected chi connectivity index (χ1v) is 16.2. The quantitative estimate of drug-likeness (QED) is 0.484. The molecule has 2 amide bonds. The lowest BCUT2D eigenvalue weighted by atomic mass is 9.82. The van der Waals surface area contributed by atoms with Gasteiger partial charge in [0.25, 0.3) is 5.91 Å². The highest BCUT2D eigenvalue weighted by molar-refractivity contribution is 6.71. The molecule has 2 saturated heterocycles. The van der Waals surface area contributed by atoms with Crippen LogP contribution in [0.2, 0.25) is 23.7 Å². The molecule has 0 aromatic heterocycles. The molecule has 0 saturated carbocycles. The minimum Gasteiger partial charge on any atom is -0.432 e. The Morgan fingerprint density at radius 2 is 1.92 bits per heavy atom. The lowest BCUT2D eigenvalue weighted by Gasteiger charge is -2.32. The second-order valence-corrected chi connectivity index (χ2v) is 15.2. The predicted molar refractivity (Wildman–Crippen MR) is 145 cm³/mol.